The van der Waals surface area contributed by atoms with Gasteiger partial charge in [0, 0.05) is 21.4 Å². The zero-order chi connectivity index (χ0) is 35.4. The first-order valence-electron chi connectivity index (χ1n) is 20.7. The van der Waals surface area contributed by atoms with Gasteiger partial charge in [0.2, 0.25) is 0 Å². The van der Waals surface area contributed by atoms with Gasteiger partial charge in [-0.05, 0) is 94.2 Å². The molecule has 2 unspecified atom stereocenters. The molecule has 51 heavy (non-hydrogen) atoms. The van der Waals surface area contributed by atoms with Crippen LogP contribution in [0.25, 0.3) is 34.4 Å². The van der Waals surface area contributed by atoms with Crippen LogP contribution in [0.15, 0.2) is 96.1 Å². The molecule has 0 nitrogen and oxygen atoms in total. The molecule has 6 rings (SSSR count). The molecule has 4 aromatic carbocycles. The van der Waals surface area contributed by atoms with Crippen LogP contribution >= 0.6 is 0 Å². The number of benzene rings is 4. The lowest BCUT2D eigenvalue weighted by molar-refractivity contribution is 0.667. The maximum Gasteiger partial charge on any atom is 0.0397 e. The number of allylic oxidation sites excluding steroid dienone is 2. The molecule has 1 heteroatoms. The summed E-state index contributed by atoms with van der Waals surface area (Å²) in [6.07, 6.45) is 23.0. The Kier molecular flexibility index (Phi) is 13.8. The van der Waals surface area contributed by atoms with E-state index in [-0.39, 0.29) is 0 Å². The molecule has 0 heterocycles. The number of rotatable bonds is 20. The van der Waals surface area contributed by atoms with Gasteiger partial charge in [0.05, 0.1) is 0 Å². The largest absolute Gasteiger partial charge is 0.0654 e. The predicted molar refractivity (Wildman–Crippen MR) is 226 cm³/mol. The SMILES string of the molecule is CCCCCCc1ccc(-c2cccc3c2C=C(CCC)C3C[Si]CC2C(CCC)=Cc3c(-c4ccc(CCCCCC)cc4)cccc32)cc1. The second-order valence-corrected chi connectivity index (χ2v) is 16.7. The van der Waals surface area contributed by atoms with E-state index in [4.69, 9.17) is 0 Å². The molecule has 0 aromatic heterocycles. The summed E-state index contributed by atoms with van der Waals surface area (Å²) >= 11 is 0. The summed E-state index contributed by atoms with van der Waals surface area (Å²) in [6, 6.07) is 35.8. The first-order chi connectivity index (χ1) is 25.1. The van der Waals surface area contributed by atoms with Gasteiger partial charge in [-0.1, -0.05) is 199 Å². The van der Waals surface area contributed by atoms with Crippen LogP contribution in [0.1, 0.15) is 150 Å². The van der Waals surface area contributed by atoms with Crippen LogP contribution in [-0.4, -0.2) is 9.52 Å². The maximum absolute atomic E-state index is 2.58. The van der Waals surface area contributed by atoms with E-state index >= 15 is 0 Å². The molecule has 0 spiro atoms. The normalized spacial score (nSPS) is 16.2. The van der Waals surface area contributed by atoms with Gasteiger partial charge in [0.25, 0.3) is 0 Å². The standard InChI is InChI=1S/C50H62Si/c1-5-9-11-13-19-37-25-29-39(30-26-37)43-21-15-23-45-47(43)33-41(17-7-3)49(45)35-51-36-50-42(18-8-4)34-48-44(22-16-24-46(48)50)40-31-27-38(28-32-40)20-14-12-10-6-2/h15-16,21-34,49-50H,5-14,17-20,35-36H2,1-4H3. The van der Waals surface area contributed by atoms with E-state index in [1.165, 1.54) is 146 Å². The molecular weight excluding hydrogens is 629 g/mol. The van der Waals surface area contributed by atoms with Gasteiger partial charge >= 0.3 is 0 Å². The third kappa shape index (κ3) is 9.15. The third-order valence-corrected chi connectivity index (χ3v) is 12.9. The molecule has 266 valence electrons. The van der Waals surface area contributed by atoms with Crippen LogP contribution in [0, 0.1) is 0 Å². The molecule has 4 aromatic rings. The molecule has 2 atom stereocenters. The Balaban J connectivity index is 1.16. The molecule has 2 aliphatic rings. The van der Waals surface area contributed by atoms with Crippen LogP contribution in [0.2, 0.25) is 12.1 Å². The van der Waals surface area contributed by atoms with Gasteiger partial charge in [-0.2, -0.15) is 0 Å². The Morgan fingerprint density at radius 3 is 1.25 bits per heavy atom. The zero-order valence-electron chi connectivity index (χ0n) is 32.2. The van der Waals surface area contributed by atoms with Gasteiger partial charge in [-0.3, -0.25) is 0 Å². The fourth-order valence-corrected chi connectivity index (χ4v) is 10.4. The summed E-state index contributed by atoms with van der Waals surface area (Å²) in [5.41, 5.74) is 18.0. The van der Waals surface area contributed by atoms with Crippen LogP contribution in [-0.2, 0) is 12.8 Å². The Hall–Kier alpha value is -3.42. The second-order valence-electron chi connectivity index (χ2n) is 15.3. The minimum Gasteiger partial charge on any atom is -0.0654 e. The van der Waals surface area contributed by atoms with Crippen molar-refractivity contribution in [3.05, 3.63) is 129 Å². The first kappa shape index (κ1) is 37.3. The molecular formula is C50H62Si. The van der Waals surface area contributed by atoms with E-state index in [0.717, 1.165) is 9.52 Å². The fourth-order valence-electron chi connectivity index (χ4n) is 8.71. The molecule has 0 amide bonds. The predicted octanol–water partition coefficient (Wildman–Crippen LogP) is 15.1. The smallest absolute Gasteiger partial charge is 0.0397 e. The second kappa shape index (κ2) is 18.9. The average Bonchev–Trinajstić information content (AvgIpc) is 3.70. The topological polar surface area (TPSA) is 0 Å². The quantitative estimate of drug-likeness (QED) is 0.0640. The van der Waals surface area contributed by atoms with Crippen LogP contribution in [0.3, 0.4) is 0 Å². The lowest BCUT2D eigenvalue weighted by Gasteiger charge is -2.21. The third-order valence-electron chi connectivity index (χ3n) is 11.5. The Morgan fingerprint density at radius 2 is 0.863 bits per heavy atom. The summed E-state index contributed by atoms with van der Waals surface area (Å²) in [5, 5.41) is 0. The van der Waals surface area contributed by atoms with Crippen LogP contribution < -0.4 is 0 Å². The van der Waals surface area contributed by atoms with Gasteiger partial charge in [-0.25, -0.2) is 0 Å². The molecule has 0 aliphatic heterocycles. The van der Waals surface area contributed by atoms with E-state index in [0.29, 0.717) is 11.8 Å². The number of fused-ring (bicyclic) bond motifs is 2. The minimum atomic E-state index is 0.558. The number of hydrogen-bond donors (Lipinski definition) is 0. The van der Waals surface area contributed by atoms with Gasteiger partial charge in [0.15, 0.2) is 0 Å². The molecule has 0 bridgehead atoms. The fraction of sp³-hybridized carbons (Fsp3) is 0.440. The number of hydrogen-bond acceptors (Lipinski definition) is 0. The Morgan fingerprint density at radius 1 is 0.431 bits per heavy atom. The highest BCUT2D eigenvalue weighted by Gasteiger charge is 2.30. The molecule has 2 radical (unpaired) electrons. The van der Waals surface area contributed by atoms with Crippen molar-refractivity contribution in [3.63, 3.8) is 0 Å². The highest BCUT2D eigenvalue weighted by molar-refractivity contribution is 6.36. The monoisotopic (exact) mass is 690 g/mol. The summed E-state index contributed by atoms with van der Waals surface area (Å²) < 4.78 is 0. The lowest BCUT2D eigenvalue weighted by atomic mass is 9.91. The zero-order valence-corrected chi connectivity index (χ0v) is 33.2. The summed E-state index contributed by atoms with van der Waals surface area (Å²) in [7, 11) is 0.945. The summed E-state index contributed by atoms with van der Waals surface area (Å²) in [4.78, 5) is 0. The van der Waals surface area contributed by atoms with E-state index in [2.05, 4.69) is 125 Å². The van der Waals surface area contributed by atoms with Crippen LogP contribution in [0.5, 0.6) is 0 Å². The van der Waals surface area contributed by atoms with Crippen molar-refractivity contribution >= 4 is 21.7 Å². The van der Waals surface area contributed by atoms with Crippen molar-refractivity contribution in [2.24, 2.45) is 0 Å². The van der Waals surface area contributed by atoms with Crippen molar-refractivity contribution in [1.82, 2.24) is 0 Å². The molecule has 0 saturated carbocycles. The molecule has 0 N–H and O–H groups in total. The van der Waals surface area contributed by atoms with E-state index in [1.807, 2.05) is 0 Å². The highest BCUT2D eigenvalue weighted by Crippen LogP contribution is 2.47. The van der Waals surface area contributed by atoms with E-state index < -0.39 is 0 Å². The van der Waals surface area contributed by atoms with Crippen molar-refractivity contribution in [2.75, 3.05) is 0 Å². The Bertz CT molecular complexity index is 1620. The minimum absolute atomic E-state index is 0.558. The highest BCUT2D eigenvalue weighted by atomic mass is 28.2. The number of unbranched alkanes of at least 4 members (excludes halogenated alkanes) is 6. The summed E-state index contributed by atoms with van der Waals surface area (Å²) in [5.74, 6) is 1.12. The lowest BCUT2D eigenvalue weighted by Crippen LogP contribution is -2.08. The van der Waals surface area contributed by atoms with E-state index in [9.17, 15) is 0 Å². The van der Waals surface area contributed by atoms with Crippen molar-refractivity contribution < 1.29 is 0 Å². The maximum atomic E-state index is 2.58. The van der Waals surface area contributed by atoms with Crippen molar-refractivity contribution in [2.45, 2.75) is 142 Å². The number of aryl methyl sites for hydroxylation is 2. The Labute approximate surface area is 313 Å². The van der Waals surface area contributed by atoms with Gasteiger partial charge in [0.1, 0.15) is 0 Å². The van der Waals surface area contributed by atoms with Gasteiger partial charge < -0.3 is 0 Å². The van der Waals surface area contributed by atoms with Crippen molar-refractivity contribution in [3.8, 4) is 22.3 Å². The average molecular weight is 691 g/mol. The molecule has 2 aliphatic carbocycles. The van der Waals surface area contributed by atoms with Gasteiger partial charge in [-0.15, -0.1) is 0 Å². The van der Waals surface area contributed by atoms with Crippen molar-refractivity contribution in [1.29, 1.82) is 0 Å². The summed E-state index contributed by atoms with van der Waals surface area (Å²) in [6.45, 7) is 9.27. The van der Waals surface area contributed by atoms with E-state index in [1.54, 1.807) is 22.3 Å². The molecule has 0 saturated heterocycles. The molecule has 0 fully saturated rings. The van der Waals surface area contributed by atoms with Crippen LogP contribution in [0.4, 0.5) is 0 Å². The first-order valence-corrected chi connectivity index (χ1v) is 22.1.